The number of aromatic nitrogens is 3. The molecule has 134 valence electrons. The van der Waals surface area contributed by atoms with Crippen molar-refractivity contribution in [3.8, 4) is 0 Å². The van der Waals surface area contributed by atoms with Crippen LogP contribution in [0.4, 0.5) is 0 Å². The van der Waals surface area contributed by atoms with Gasteiger partial charge in [0.15, 0.2) is 0 Å². The Kier molecular flexibility index (Phi) is 4.58. The average molecular weight is 350 g/mol. The second-order valence-electron chi connectivity index (χ2n) is 6.64. The van der Waals surface area contributed by atoms with Gasteiger partial charge in [-0.25, -0.2) is 0 Å². The maximum Gasteiger partial charge on any atom is 0.268 e. The van der Waals surface area contributed by atoms with E-state index in [1.165, 1.54) is 5.56 Å². The zero-order valence-corrected chi connectivity index (χ0v) is 14.7. The van der Waals surface area contributed by atoms with Crippen molar-refractivity contribution in [3.05, 3.63) is 76.9 Å². The number of ether oxygens (including phenoxy) is 1. The number of nitrogens with zero attached hydrogens (tertiary/aromatic N) is 2. The molecule has 1 atom stereocenters. The smallest absolute Gasteiger partial charge is 0.268 e. The van der Waals surface area contributed by atoms with Gasteiger partial charge in [-0.15, -0.1) is 0 Å². The van der Waals surface area contributed by atoms with Gasteiger partial charge in [-0.2, -0.15) is 5.10 Å². The highest BCUT2D eigenvalue weighted by Crippen LogP contribution is 2.19. The van der Waals surface area contributed by atoms with Gasteiger partial charge in [-0.1, -0.05) is 30.3 Å². The molecule has 2 N–H and O–H groups in total. The zero-order chi connectivity index (χ0) is 17.9. The van der Waals surface area contributed by atoms with Crippen LogP contribution in [0.2, 0.25) is 0 Å². The van der Waals surface area contributed by atoms with Crippen molar-refractivity contribution in [3.63, 3.8) is 0 Å². The van der Waals surface area contributed by atoms with Gasteiger partial charge in [0.2, 0.25) is 0 Å². The van der Waals surface area contributed by atoms with Crippen LogP contribution in [0.15, 0.2) is 48.8 Å². The molecule has 2 aromatic heterocycles. The number of amides is 1. The highest BCUT2D eigenvalue weighted by atomic mass is 16.5. The molecule has 0 radical (unpaired) electrons. The summed E-state index contributed by atoms with van der Waals surface area (Å²) < 4.78 is 7.32. The highest BCUT2D eigenvalue weighted by Gasteiger charge is 2.19. The third-order valence-corrected chi connectivity index (χ3v) is 4.68. The molecule has 0 fully saturated rings. The van der Waals surface area contributed by atoms with Crippen LogP contribution < -0.4 is 5.32 Å². The zero-order valence-electron chi connectivity index (χ0n) is 14.7. The first-order valence-electron chi connectivity index (χ1n) is 8.84. The summed E-state index contributed by atoms with van der Waals surface area (Å²) >= 11 is 0. The SMILES string of the molecule is CC(NC(=O)c1cc2c([nH]1)CCOC2)c1cnn(Cc2ccccc2)c1. The van der Waals surface area contributed by atoms with E-state index in [2.05, 4.69) is 27.5 Å². The van der Waals surface area contributed by atoms with E-state index in [0.717, 1.165) is 23.2 Å². The number of fused-ring (bicyclic) bond motifs is 1. The van der Waals surface area contributed by atoms with Crippen molar-refractivity contribution in [2.24, 2.45) is 0 Å². The molecule has 0 bridgehead atoms. The van der Waals surface area contributed by atoms with E-state index in [1.54, 1.807) is 0 Å². The molecule has 26 heavy (non-hydrogen) atoms. The summed E-state index contributed by atoms with van der Waals surface area (Å²) in [6.45, 7) is 3.95. The number of hydrogen-bond donors (Lipinski definition) is 2. The summed E-state index contributed by atoms with van der Waals surface area (Å²) in [4.78, 5) is 15.7. The van der Waals surface area contributed by atoms with E-state index in [1.807, 2.05) is 48.3 Å². The van der Waals surface area contributed by atoms with Gasteiger partial charge in [0, 0.05) is 23.9 Å². The van der Waals surface area contributed by atoms with Crippen molar-refractivity contribution in [1.82, 2.24) is 20.1 Å². The summed E-state index contributed by atoms with van der Waals surface area (Å²) in [5.41, 5.74) is 4.94. The summed E-state index contributed by atoms with van der Waals surface area (Å²) in [5.74, 6) is -0.109. The molecule has 0 saturated carbocycles. The Hall–Kier alpha value is -2.86. The molecule has 4 rings (SSSR count). The first-order chi connectivity index (χ1) is 12.7. The fraction of sp³-hybridized carbons (Fsp3) is 0.300. The number of carbonyl (C=O) groups is 1. The summed E-state index contributed by atoms with van der Waals surface area (Å²) in [5, 5.41) is 7.44. The number of aromatic amines is 1. The van der Waals surface area contributed by atoms with Crippen LogP contribution in [0.5, 0.6) is 0 Å². The van der Waals surface area contributed by atoms with Gasteiger partial charge in [0.05, 0.1) is 32.0 Å². The Morgan fingerprint density at radius 3 is 3.04 bits per heavy atom. The Morgan fingerprint density at radius 1 is 1.38 bits per heavy atom. The van der Waals surface area contributed by atoms with E-state index in [9.17, 15) is 4.79 Å². The van der Waals surface area contributed by atoms with E-state index >= 15 is 0 Å². The predicted molar refractivity (Wildman–Crippen MR) is 97.8 cm³/mol. The first-order valence-corrected chi connectivity index (χ1v) is 8.84. The van der Waals surface area contributed by atoms with Crippen LogP contribution in [0, 0.1) is 0 Å². The molecule has 1 aliphatic rings. The van der Waals surface area contributed by atoms with E-state index in [4.69, 9.17) is 4.74 Å². The molecule has 6 nitrogen and oxygen atoms in total. The molecule has 6 heteroatoms. The molecule has 3 aromatic rings. The molecule has 0 saturated heterocycles. The number of carbonyl (C=O) groups excluding carboxylic acids is 1. The first kappa shape index (κ1) is 16.6. The van der Waals surface area contributed by atoms with Crippen molar-refractivity contribution in [2.75, 3.05) is 6.61 Å². The normalized spacial score (nSPS) is 14.7. The van der Waals surface area contributed by atoms with Gasteiger partial charge < -0.3 is 15.0 Å². The Morgan fingerprint density at radius 2 is 2.23 bits per heavy atom. The van der Waals surface area contributed by atoms with E-state index < -0.39 is 0 Å². The lowest BCUT2D eigenvalue weighted by molar-refractivity contribution is 0.0935. The topological polar surface area (TPSA) is 71.9 Å². The lowest BCUT2D eigenvalue weighted by Crippen LogP contribution is -2.26. The molecule has 0 spiro atoms. The molecule has 1 aliphatic heterocycles. The van der Waals surface area contributed by atoms with Crippen LogP contribution in [-0.4, -0.2) is 27.3 Å². The van der Waals surface area contributed by atoms with E-state index in [0.29, 0.717) is 25.5 Å². The minimum absolute atomic E-state index is 0.109. The predicted octanol–water partition coefficient (Wildman–Crippen LogP) is 2.82. The highest BCUT2D eigenvalue weighted by molar-refractivity contribution is 5.93. The molecule has 1 unspecified atom stereocenters. The summed E-state index contributed by atoms with van der Waals surface area (Å²) in [7, 11) is 0. The quantitative estimate of drug-likeness (QED) is 0.743. The Labute approximate surface area is 152 Å². The number of rotatable bonds is 5. The molecular weight excluding hydrogens is 328 g/mol. The second-order valence-corrected chi connectivity index (χ2v) is 6.64. The molecule has 1 amide bonds. The largest absolute Gasteiger partial charge is 0.376 e. The fourth-order valence-electron chi connectivity index (χ4n) is 3.19. The second kappa shape index (κ2) is 7.17. The Bertz CT molecular complexity index is 874. The molecule has 0 aliphatic carbocycles. The number of nitrogens with one attached hydrogen (secondary N) is 2. The van der Waals surface area contributed by atoms with Crippen LogP contribution in [0.3, 0.4) is 0 Å². The third-order valence-electron chi connectivity index (χ3n) is 4.68. The van der Waals surface area contributed by atoms with Crippen LogP contribution in [0.25, 0.3) is 0 Å². The maximum atomic E-state index is 12.5. The van der Waals surface area contributed by atoms with Gasteiger partial charge in [-0.05, 0) is 24.1 Å². The minimum atomic E-state index is -0.122. The van der Waals surface area contributed by atoms with Crippen LogP contribution >= 0.6 is 0 Å². The van der Waals surface area contributed by atoms with E-state index in [-0.39, 0.29) is 11.9 Å². The van der Waals surface area contributed by atoms with Crippen LogP contribution in [-0.2, 0) is 24.3 Å². The van der Waals surface area contributed by atoms with Gasteiger partial charge in [-0.3, -0.25) is 9.48 Å². The minimum Gasteiger partial charge on any atom is -0.376 e. The monoisotopic (exact) mass is 350 g/mol. The van der Waals surface area contributed by atoms with Gasteiger partial charge in [0.1, 0.15) is 5.69 Å². The number of benzene rings is 1. The summed E-state index contributed by atoms with van der Waals surface area (Å²) in [6, 6.07) is 11.9. The van der Waals surface area contributed by atoms with Gasteiger partial charge >= 0.3 is 0 Å². The van der Waals surface area contributed by atoms with Crippen molar-refractivity contribution >= 4 is 5.91 Å². The molecular formula is C20H22N4O2. The number of hydrogen-bond acceptors (Lipinski definition) is 3. The van der Waals surface area contributed by atoms with Crippen LogP contribution in [0.1, 0.15) is 45.8 Å². The van der Waals surface area contributed by atoms with Crippen molar-refractivity contribution < 1.29 is 9.53 Å². The fourth-order valence-corrected chi connectivity index (χ4v) is 3.19. The standard InChI is InChI=1S/C20H22N4O2/c1-14(17-10-21-24(12-17)11-15-5-3-2-4-6-15)22-20(25)19-9-16-13-26-8-7-18(16)23-19/h2-6,9-10,12,14,23H,7-8,11,13H2,1H3,(H,22,25). The molecule has 1 aromatic carbocycles. The molecule has 3 heterocycles. The van der Waals surface area contributed by atoms with Crippen molar-refractivity contribution in [2.45, 2.75) is 32.5 Å². The average Bonchev–Trinajstić information content (AvgIpc) is 3.29. The Balaban J connectivity index is 1.41. The van der Waals surface area contributed by atoms with Crippen molar-refractivity contribution in [1.29, 1.82) is 0 Å². The third kappa shape index (κ3) is 3.55. The van der Waals surface area contributed by atoms with Gasteiger partial charge in [0.25, 0.3) is 5.91 Å². The maximum absolute atomic E-state index is 12.5. The lowest BCUT2D eigenvalue weighted by Gasteiger charge is -2.11. The lowest BCUT2D eigenvalue weighted by atomic mass is 10.1. The number of H-pyrrole nitrogens is 1. The summed E-state index contributed by atoms with van der Waals surface area (Å²) in [6.07, 6.45) is 4.61.